The molecule has 0 aliphatic rings. The number of hydrogen-bond acceptors (Lipinski definition) is 5. The van der Waals surface area contributed by atoms with Crippen LogP contribution in [0, 0.1) is 27.7 Å². The van der Waals surface area contributed by atoms with E-state index in [4.69, 9.17) is 0 Å². The second-order valence-corrected chi connectivity index (χ2v) is 9.92. The number of hydrogen-bond donors (Lipinski definition) is 1. The van der Waals surface area contributed by atoms with Crippen LogP contribution in [0.2, 0.25) is 0 Å². The number of hydrazone groups is 1. The van der Waals surface area contributed by atoms with Gasteiger partial charge >= 0.3 is 0 Å². The van der Waals surface area contributed by atoms with Gasteiger partial charge in [-0.05, 0) is 62.9 Å². The molecule has 168 valence electrons. The molecule has 1 amide bonds. The van der Waals surface area contributed by atoms with Gasteiger partial charge in [0.1, 0.15) is 0 Å². The lowest BCUT2D eigenvalue weighted by molar-refractivity contribution is -0.118. The Balaban J connectivity index is 1.64. The van der Waals surface area contributed by atoms with Crippen molar-refractivity contribution in [1.82, 2.24) is 20.0 Å². The van der Waals surface area contributed by atoms with E-state index in [0.29, 0.717) is 5.16 Å². The largest absolute Gasteiger partial charge is 0.318 e. The van der Waals surface area contributed by atoms with E-state index in [-0.39, 0.29) is 17.1 Å². The zero-order valence-electron chi connectivity index (χ0n) is 19.9. The van der Waals surface area contributed by atoms with E-state index in [1.54, 1.807) is 6.21 Å². The minimum Gasteiger partial charge on any atom is -0.318 e. The fraction of sp³-hybridized carbons (Fsp3) is 0.360. The van der Waals surface area contributed by atoms with Gasteiger partial charge in [0.15, 0.2) is 5.16 Å². The summed E-state index contributed by atoms with van der Waals surface area (Å²) in [5, 5.41) is 4.75. The molecular formula is C25H31N5OS. The summed E-state index contributed by atoms with van der Waals surface area (Å²) in [6, 6.07) is 12.6. The number of thioether (sulfide) groups is 1. The van der Waals surface area contributed by atoms with Crippen LogP contribution in [0.15, 0.2) is 46.7 Å². The third-order valence-electron chi connectivity index (χ3n) is 5.15. The van der Waals surface area contributed by atoms with Crippen LogP contribution in [0.5, 0.6) is 0 Å². The van der Waals surface area contributed by atoms with E-state index in [1.165, 1.54) is 17.3 Å². The van der Waals surface area contributed by atoms with Crippen molar-refractivity contribution in [1.29, 1.82) is 0 Å². The average Bonchev–Trinajstić information content (AvgIpc) is 2.98. The van der Waals surface area contributed by atoms with Crippen molar-refractivity contribution >= 4 is 23.9 Å². The normalized spacial score (nSPS) is 11.8. The second-order valence-electron chi connectivity index (χ2n) is 8.97. The molecular weight excluding hydrogens is 418 g/mol. The zero-order chi connectivity index (χ0) is 23.5. The summed E-state index contributed by atoms with van der Waals surface area (Å²) in [5.41, 5.74) is 10.1. The van der Waals surface area contributed by atoms with Gasteiger partial charge in [0.25, 0.3) is 5.91 Å². The number of nitrogens with zero attached hydrogens (tertiary/aromatic N) is 4. The maximum absolute atomic E-state index is 12.2. The summed E-state index contributed by atoms with van der Waals surface area (Å²) >= 11 is 1.30. The highest BCUT2D eigenvalue weighted by Gasteiger charge is 2.15. The van der Waals surface area contributed by atoms with Gasteiger partial charge in [-0.1, -0.05) is 44.7 Å². The first-order valence-corrected chi connectivity index (χ1v) is 11.6. The monoisotopic (exact) mass is 449 g/mol. The Hall–Kier alpha value is -2.93. The van der Waals surface area contributed by atoms with Crippen LogP contribution >= 0.6 is 11.8 Å². The molecule has 1 N–H and O–H groups in total. The predicted molar refractivity (Wildman–Crippen MR) is 132 cm³/mol. The molecule has 0 saturated carbocycles. The molecule has 32 heavy (non-hydrogen) atoms. The third kappa shape index (κ3) is 5.85. The highest BCUT2D eigenvalue weighted by atomic mass is 32.2. The van der Waals surface area contributed by atoms with Gasteiger partial charge in [0.05, 0.1) is 12.0 Å². The lowest BCUT2D eigenvalue weighted by Crippen LogP contribution is -2.19. The number of aromatic nitrogens is 3. The highest BCUT2D eigenvalue weighted by Crippen LogP contribution is 2.25. The Morgan fingerprint density at radius 3 is 2.28 bits per heavy atom. The van der Waals surface area contributed by atoms with Crippen molar-refractivity contribution in [3.63, 3.8) is 0 Å². The van der Waals surface area contributed by atoms with Crippen molar-refractivity contribution in [2.24, 2.45) is 5.10 Å². The van der Waals surface area contributed by atoms with Gasteiger partial charge < -0.3 is 4.57 Å². The van der Waals surface area contributed by atoms with E-state index in [2.05, 4.69) is 90.0 Å². The Morgan fingerprint density at radius 1 is 1.06 bits per heavy atom. The van der Waals surface area contributed by atoms with Crippen molar-refractivity contribution in [2.45, 2.75) is 59.0 Å². The first-order chi connectivity index (χ1) is 15.0. The van der Waals surface area contributed by atoms with Gasteiger partial charge in [-0.15, -0.1) is 0 Å². The molecule has 2 aromatic heterocycles. The number of carbonyl (C=O) groups excluding carboxylic acids is 1. The number of aryl methyl sites for hydroxylation is 3. The molecule has 0 saturated heterocycles. The lowest BCUT2D eigenvalue weighted by Gasteiger charge is -2.20. The van der Waals surface area contributed by atoms with E-state index in [1.807, 2.05) is 19.9 Å². The van der Waals surface area contributed by atoms with Crippen molar-refractivity contribution in [2.75, 3.05) is 5.75 Å². The summed E-state index contributed by atoms with van der Waals surface area (Å²) < 4.78 is 2.20. The molecule has 1 aromatic carbocycles. The minimum atomic E-state index is -0.194. The van der Waals surface area contributed by atoms with Crippen LogP contribution < -0.4 is 5.43 Å². The maximum atomic E-state index is 12.2. The summed E-state index contributed by atoms with van der Waals surface area (Å²) in [5.74, 6) is 0.0138. The molecule has 7 heteroatoms. The van der Waals surface area contributed by atoms with Crippen molar-refractivity contribution in [3.8, 4) is 5.69 Å². The van der Waals surface area contributed by atoms with Gasteiger partial charge in [-0.3, -0.25) is 4.79 Å². The molecule has 0 aliphatic heterocycles. The van der Waals surface area contributed by atoms with Crippen LogP contribution in [-0.2, 0) is 10.2 Å². The molecule has 0 unspecified atom stereocenters. The van der Waals surface area contributed by atoms with Crippen LogP contribution in [0.1, 0.15) is 54.7 Å². The minimum absolute atomic E-state index is 0.123. The summed E-state index contributed by atoms with van der Waals surface area (Å²) in [7, 11) is 0. The summed E-state index contributed by atoms with van der Waals surface area (Å²) in [4.78, 5) is 20.8. The van der Waals surface area contributed by atoms with Gasteiger partial charge in [0, 0.05) is 34.0 Å². The van der Waals surface area contributed by atoms with E-state index < -0.39 is 0 Å². The van der Waals surface area contributed by atoms with Crippen LogP contribution in [0.3, 0.4) is 0 Å². The number of amides is 1. The van der Waals surface area contributed by atoms with Gasteiger partial charge in [-0.2, -0.15) is 5.10 Å². The Labute approximate surface area is 194 Å². The number of nitrogens with one attached hydrogen (secondary N) is 1. The number of carbonyl (C=O) groups is 1. The molecule has 6 nitrogen and oxygen atoms in total. The second kappa shape index (κ2) is 9.69. The van der Waals surface area contributed by atoms with Crippen LogP contribution in [-0.4, -0.2) is 32.4 Å². The number of rotatable bonds is 6. The van der Waals surface area contributed by atoms with Gasteiger partial charge in [0.2, 0.25) is 0 Å². The Kier molecular flexibility index (Phi) is 7.19. The molecule has 2 heterocycles. The Morgan fingerprint density at radius 2 is 1.69 bits per heavy atom. The molecule has 0 spiro atoms. The van der Waals surface area contributed by atoms with Crippen molar-refractivity contribution in [3.05, 3.63) is 70.3 Å². The van der Waals surface area contributed by atoms with Crippen molar-refractivity contribution < 1.29 is 4.79 Å². The summed E-state index contributed by atoms with van der Waals surface area (Å²) in [6.07, 6.45) is 1.69. The maximum Gasteiger partial charge on any atom is 0.250 e. The molecule has 0 bridgehead atoms. The SMILES string of the molecule is Cc1cc(C)nc(SCC(=O)N/N=C/c2cc(C)n(-c3ccc(C(C)(C)C)cc3)c2C)n1. The topological polar surface area (TPSA) is 72.2 Å². The quantitative estimate of drug-likeness (QED) is 0.248. The van der Waals surface area contributed by atoms with Crippen LogP contribution in [0.25, 0.3) is 5.69 Å². The van der Waals surface area contributed by atoms with E-state index in [9.17, 15) is 4.79 Å². The third-order valence-corrected chi connectivity index (χ3v) is 6.00. The molecule has 0 radical (unpaired) electrons. The van der Waals surface area contributed by atoms with Gasteiger partial charge in [-0.25, -0.2) is 15.4 Å². The fourth-order valence-electron chi connectivity index (χ4n) is 3.52. The molecule has 0 atom stereocenters. The van der Waals surface area contributed by atoms with E-state index in [0.717, 1.165) is 34.0 Å². The summed E-state index contributed by atoms with van der Waals surface area (Å²) in [6.45, 7) is 14.6. The molecule has 0 fully saturated rings. The highest BCUT2D eigenvalue weighted by molar-refractivity contribution is 7.99. The smallest absolute Gasteiger partial charge is 0.250 e. The van der Waals surface area contributed by atoms with Crippen LogP contribution in [0.4, 0.5) is 0 Å². The van der Waals surface area contributed by atoms with E-state index >= 15 is 0 Å². The first-order valence-electron chi connectivity index (χ1n) is 10.6. The number of benzene rings is 1. The Bertz CT molecular complexity index is 1120. The molecule has 0 aliphatic carbocycles. The predicted octanol–water partition coefficient (Wildman–Crippen LogP) is 5.04. The standard InChI is InChI=1S/C25H31N5OS/c1-16-12-17(2)28-24(27-16)32-15-23(31)29-26-14-20-13-18(3)30(19(20)4)22-10-8-21(9-11-22)25(5,6)7/h8-14H,15H2,1-7H3,(H,29,31)/b26-14+. The zero-order valence-corrected chi connectivity index (χ0v) is 20.7. The first kappa shape index (κ1) is 23.7. The fourth-order valence-corrected chi connectivity index (χ4v) is 4.26. The average molecular weight is 450 g/mol. The molecule has 3 rings (SSSR count). The lowest BCUT2D eigenvalue weighted by atomic mass is 9.87. The molecule has 3 aromatic rings.